The molecule has 0 saturated carbocycles. The minimum Gasteiger partial charge on any atom is -0.348 e. The van der Waals surface area contributed by atoms with Gasteiger partial charge in [-0.25, -0.2) is 8.42 Å². The summed E-state index contributed by atoms with van der Waals surface area (Å²) in [6.07, 6.45) is -3.78. The lowest BCUT2D eigenvalue weighted by Gasteiger charge is -2.30. The number of amides is 1. The molecule has 164 valence electrons. The van der Waals surface area contributed by atoms with Gasteiger partial charge in [-0.2, -0.15) is 13.2 Å². The van der Waals surface area contributed by atoms with Crippen LogP contribution in [0, 0.1) is 13.8 Å². The molecule has 2 rings (SSSR count). The monoisotopic (exact) mass is 442 g/mol. The van der Waals surface area contributed by atoms with Gasteiger partial charge in [0.15, 0.2) is 0 Å². The molecule has 0 aliphatic heterocycles. The first-order valence-electron chi connectivity index (χ1n) is 9.26. The Labute approximate surface area is 175 Å². The predicted molar refractivity (Wildman–Crippen MR) is 111 cm³/mol. The van der Waals surface area contributed by atoms with E-state index in [-0.39, 0.29) is 5.69 Å². The molecule has 0 bridgehead atoms. The van der Waals surface area contributed by atoms with Crippen LogP contribution in [0.2, 0.25) is 0 Å². The van der Waals surface area contributed by atoms with E-state index in [4.69, 9.17) is 0 Å². The third-order valence-corrected chi connectivity index (χ3v) is 6.02. The van der Waals surface area contributed by atoms with Gasteiger partial charge >= 0.3 is 6.18 Å². The Kier molecular flexibility index (Phi) is 6.86. The number of nitrogens with zero attached hydrogens (tertiary/aromatic N) is 1. The first-order valence-corrected chi connectivity index (χ1v) is 11.1. The maximum absolute atomic E-state index is 13.1. The number of sulfonamides is 1. The highest BCUT2D eigenvalue weighted by molar-refractivity contribution is 7.92. The van der Waals surface area contributed by atoms with Gasteiger partial charge in [-0.1, -0.05) is 29.8 Å². The molecule has 0 saturated heterocycles. The lowest BCUT2D eigenvalue weighted by molar-refractivity contribution is -0.137. The summed E-state index contributed by atoms with van der Waals surface area (Å²) in [6, 6.07) is 8.02. The van der Waals surface area contributed by atoms with Crippen molar-refractivity contribution >= 4 is 21.6 Å². The number of alkyl halides is 3. The van der Waals surface area contributed by atoms with Crippen LogP contribution in [0.4, 0.5) is 18.9 Å². The molecule has 1 amide bonds. The van der Waals surface area contributed by atoms with E-state index in [1.807, 2.05) is 32.0 Å². The molecule has 0 radical (unpaired) electrons. The summed E-state index contributed by atoms with van der Waals surface area (Å²) in [7, 11) is -4.03. The SMILES string of the molecule is Cc1ccc(C)c(C(C)NC(=O)C(C)N(c2cccc(C(F)(F)F)c2)S(C)(=O)=O)c1. The highest BCUT2D eigenvalue weighted by Gasteiger charge is 2.34. The Morgan fingerprint density at radius 2 is 1.70 bits per heavy atom. The van der Waals surface area contributed by atoms with Gasteiger partial charge in [-0.3, -0.25) is 9.10 Å². The Morgan fingerprint density at radius 1 is 1.07 bits per heavy atom. The molecule has 9 heteroatoms. The third kappa shape index (κ3) is 5.53. The van der Waals surface area contributed by atoms with Crippen LogP contribution in [0.15, 0.2) is 42.5 Å². The smallest absolute Gasteiger partial charge is 0.348 e. The molecule has 0 aliphatic carbocycles. The highest BCUT2D eigenvalue weighted by Crippen LogP contribution is 2.33. The van der Waals surface area contributed by atoms with E-state index in [0.717, 1.165) is 41.1 Å². The number of anilines is 1. The van der Waals surface area contributed by atoms with Crippen LogP contribution >= 0.6 is 0 Å². The lowest BCUT2D eigenvalue weighted by atomic mass is 10.00. The minimum absolute atomic E-state index is 0.227. The Morgan fingerprint density at radius 3 is 2.27 bits per heavy atom. The van der Waals surface area contributed by atoms with Crippen LogP contribution < -0.4 is 9.62 Å². The second kappa shape index (κ2) is 8.67. The summed E-state index contributed by atoms with van der Waals surface area (Å²) in [5.41, 5.74) is 1.62. The van der Waals surface area contributed by atoms with Crippen LogP contribution in [0.25, 0.3) is 0 Å². The van der Waals surface area contributed by atoms with Crippen molar-refractivity contribution in [1.82, 2.24) is 5.32 Å². The highest BCUT2D eigenvalue weighted by atomic mass is 32.2. The van der Waals surface area contributed by atoms with Crippen molar-refractivity contribution in [2.45, 2.75) is 46.0 Å². The molecule has 0 spiro atoms. The number of halogens is 3. The van der Waals surface area contributed by atoms with Crippen molar-refractivity contribution in [3.8, 4) is 0 Å². The Bertz CT molecular complexity index is 1040. The summed E-state index contributed by atoms with van der Waals surface area (Å²) in [6.45, 7) is 6.92. The van der Waals surface area contributed by atoms with E-state index >= 15 is 0 Å². The topological polar surface area (TPSA) is 66.5 Å². The zero-order valence-electron chi connectivity index (χ0n) is 17.4. The number of hydrogen-bond acceptors (Lipinski definition) is 3. The van der Waals surface area contributed by atoms with Gasteiger partial charge in [0.1, 0.15) is 6.04 Å². The van der Waals surface area contributed by atoms with Crippen LogP contribution in [0.1, 0.15) is 42.1 Å². The molecular formula is C21H25F3N2O3S. The standard InChI is InChI=1S/C21H25F3N2O3S/c1-13-9-10-14(2)19(11-13)15(3)25-20(27)16(4)26(30(5,28)29)18-8-6-7-17(12-18)21(22,23)24/h6-12,15-16H,1-5H3,(H,25,27). The van der Waals surface area contributed by atoms with E-state index < -0.39 is 39.8 Å². The maximum atomic E-state index is 13.1. The van der Waals surface area contributed by atoms with Crippen LogP contribution in [0.3, 0.4) is 0 Å². The quantitative estimate of drug-likeness (QED) is 0.723. The minimum atomic E-state index is -4.64. The van der Waals surface area contributed by atoms with Gasteiger partial charge in [0.25, 0.3) is 0 Å². The van der Waals surface area contributed by atoms with Gasteiger partial charge < -0.3 is 5.32 Å². The maximum Gasteiger partial charge on any atom is 0.416 e. The van der Waals surface area contributed by atoms with Crippen molar-refractivity contribution in [2.24, 2.45) is 0 Å². The summed E-state index contributed by atoms with van der Waals surface area (Å²) in [5.74, 6) is -0.619. The third-order valence-electron chi connectivity index (χ3n) is 4.78. The summed E-state index contributed by atoms with van der Waals surface area (Å²) in [4.78, 5) is 12.8. The molecule has 2 atom stereocenters. The molecule has 2 aromatic carbocycles. The molecule has 5 nitrogen and oxygen atoms in total. The number of aryl methyl sites for hydroxylation is 2. The van der Waals surface area contributed by atoms with Gasteiger partial charge in [-0.15, -0.1) is 0 Å². The zero-order valence-corrected chi connectivity index (χ0v) is 18.2. The Balaban J connectivity index is 2.35. The van der Waals surface area contributed by atoms with Gasteiger partial charge in [0.05, 0.1) is 23.5 Å². The normalized spacial score (nSPS) is 14.1. The van der Waals surface area contributed by atoms with Crippen molar-refractivity contribution in [2.75, 3.05) is 10.6 Å². The molecule has 0 heterocycles. The first-order chi connectivity index (χ1) is 13.7. The fraction of sp³-hybridized carbons (Fsp3) is 0.381. The van der Waals surface area contributed by atoms with Crippen molar-refractivity contribution < 1.29 is 26.4 Å². The molecule has 0 aliphatic rings. The van der Waals surface area contributed by atoms with E-state index in [1.54, 1.807) is 6.92 Å². The lowest BCUT2D eigenvalue weighted by Crippen LogP contribution is -2.48. The molecule has 30 heavy (non-hydrogen) atoms. The first kappa shape index (κ1) is 23.7. The number of rotatable bonds is 6. The number of benzene rings is 2. The Hall–Kier alpha value is -2.55. The zero-order chi connectivity index (χ0) is 22.9. The fourth-order valence-electron chi connectivity index (χ4n) is 3.27. The number of hydrogen-bond donors (Lipinski definition) is 1. The van der Waals surface area contributed by atoms with Crippen LogP contribution in [-0.4, -0.2) is 26.6 Å². The van der Waals surface area contributed by atoms with Crippen LogP contribution in [-0.2, 0) is 21.0 Å². The summed E-state index contributed by atoms with van der Waals surface area (Å²) < 4.78 is 64.6. The molecular weight excluding hydrogens is 417 g/mol. The number of carbonyl (C=O) groups is 1. The fourth-order valence-corrected chi connectivity index (χ4v) is 4.43. The summed E-state index contributed by atoms with van der Waals surface area (Å²) in [5, 5.41) is 2.76. The largest absolute Gasteiger partial charge is 0.416 e. The van der Waals surface area contributed by atoms with Crippen molar-refractivity contribution in [3.63, 3.8) is 0 Å². The molecule has 2 unspecified atom stereocenters. The number of carbonyl (C=O) groups excluding carboxylic acids is 1. The van der Waals surface area contributed by atoms with E-state index in [0.29, 0.717) is 4.31 Å². The molecule has 1 N–H and O–H groups in total. The average Bonchev–Trinajstić information content (AvgIpc) is 2.62. The molecule has 0 fully saturated rings. The second-order valence-corrected chi connectivity index (χ2v) is 9.23. The molecule has 0 aromatic heterocycles. The summed E-state index contributed by atoms with van der Waals surface area (Å²) >= 11 is 0. The van der Waals surface area contributed by atoms with Crippen LogP contribution in [0.5, 0.6) is 0 Å². The average molecular weight is 443 g/mol. The van der Waals surface area contributed by atoms with E-state index in [9.17, 15) is 26.4 Å². The van der Waals surface area contributed by atoms with Gasteiger partial charge in [0.2, 0.25) is 15.9 Å². The van der Waals surface area contributed by atoms with E-state index in [2.05, 4.69) is 5.32 Å². The van der Waals surface area contributed by atoms with Gasteiger partial charge in [-0.05, 0) is 57.0 Å². The van der Waals surface area contributed by atoms with Crippen molar-refractivity contribution in [3.05, 3.63) is 64.7 Å². The second-order valence-electron chi connectivity index (χ2n) is 7.37. The van der Waals surface area contributed by atoms with Gasteiger partial charge in [0, 0.05) is 0 Å². The molecule has 2 aromatic rings. The van der Waals surface area contributed by atoms with E-state index in [1.165, 1.54) is 13.0 Å². The predicted octanol–water partition coefficient (Wildman–Crippen LogP) is 4.35. The number of nitrogens with one attached hydrogen (secondary N) is 1. The van der Waals surface area contributed by atoms with Crippen molar-refractivity contribution in [1.29, 1.82) is 0 Å².